The highest BCUT2D eigenvalue weighted by atomic mass is 35.5. The van der Waals surface area contributed by atoms with Crippen molar-refractivity contribution in [1.82, 2.24) is 4.90 Å². The van der Waals surface area contributed by atoms with Crippen LogP contribution in [0.2, 0.25) is 5.02 Å². The van der Waals surface area contributed by atoms with Gasteiger partial charge in [0.15, 0.2) is 0 Å². The Morgan fingerprint density at radius 3 is 2.80 bits per heavy atom. The summed E-state index contributed by atoms with van der Waals surface area (Å²) in [4.78, 5) is 14.3. The minimum atomic E-state index is -0.0210. The van der Waals surface area contributed by atoms with Crippen molar-refractivity contribution in [3.05, 3.63) is 28.8 Å². The van der Waals surface area contributed by atoms with Gasteiger partial charge in [-0.1, -0.05) is 18.5 Å². The Bertz CT molecular complexity index is 482. The number of nitrogens with two attached hydrogens (primary N) is 1. The second-order valence-corrected chi connectivity index (χ2v) is 5.46. The van der Waals surface area contributed by atoms with E-state index in [1.54, 1.807) is 18.2 Å². The molecule has 2 rings (SSSR count). The van der Waals surface area contributed by atoms with E-state index in [1.807, 2.05) is 4.90 Å². The van der Waals surface area contributed by atoms with Crippen molar-refractivity contribution < 1.29 is 9.53 Å². The largest absolute Gasteiger partial charge is 0.496 e. The highest BCUT2D eigenvalue weighted by Gasteiger charge is 2.28. The molecule has 4 nitrogen and oxygen atoms in total. The molecule has 0 aliphatic carbocycles. The Labute approximate surface area is 130 Å². The average Bonchev–Trinajstić information content (AvgIpc) is 2.41. The zero-order valence-corrected chi connectivity index (χ0v) is 13.2. The Morgan fingerprint density at radius 1 is 1.50 bits per heavy atom. The molecule has 0 spiro atoms. The number of carbonyl (C=O) groups is 1. The van der Waals surface area contributed by atoms with E-state index < -0.39 is 0 Å². The van der Waals surface area contributed by atoms with Crippen LogP contribution in [0.4, 0.5) is 0 Å². The second kappa shape index (κ2) is 7.16. The molecule has 0 saturated carbocycles. The maximum atomic E-state index is 12.5. The van der Waals surface area contributed by atoms with Gasteiger partial charge in [0.1, 0.15) is 5.75 Å². The fourth-order valence-corrected chi connectivity index (χ4v) is 2.52. The molecule has 1 aromatic carbocycles. The number of hydrogen-bond acceptors (Lipinski definition) is 3. The summed E-state index contributed by atoms with van der Waals surface area (Å²) in [5.74, 6) is 0.809. The maximum Gasteiger partial charge on any atom is 0.257 e. The van der Waals surface area contributed by atoms with Gasteiger partial charge in [-0.2, -0.15) is 0 Å². The molecular formula is C14H20Cl2N2O2. The highest BCUT2D eigenvalue weighted by molar-refractivity contribution is 6.30. The lowest BCUT2D eigenvalue weighted by atomic mass is 9.94. The maximum absolute atomic E-state index is 12.5. The Kier molecular flexibility index (Phi) is 6.11. The second-order valence-electron chi connectivity index (χ2n) is 5.03. The Morgan fingerprint density at radius 2 is 2.20 bits per heavy atom. The van der Waals surface area contributed by atoms with Gasteiger partial charge in [-0.05, 0) is 30.5 Å². The van der Waals surface area contributed by atoms with Crippen LogP contribution >= 0.6 is 24.0 Å². The van der Waals surface area contributed by atoms with Gasteiger partial charge in [0.2, 0.25) is 0 Å². The minimum absolute atomic E-state index is 0. The third-order valence-corrected chi connectivity index (χ3v) is 3.89. The normalized spacial score (nSPS) is 22.1. The molecule has 2 unspecified atom stereocenters. The first-order valence-electron chi connectivity index (χ1n) is 6.41. The number of halogens is 2. The van der Waals surface area contributed by atoms with Crippen molar-refractivity contribution in [3.8, 4) is 5.75 Å². The van der Waals surface area contributed by atoms with Crippen LogP contribution < -0.4 is 10.5 Å². The summed E-state index contributed by atoms with van der Waals surface area (Å²) in [5.41, 5.74) is 6.53. The zero-order valence-electron chi connectivity index (χ0n) is 11.6. The van der Waals surface area contributed by atoms with Crippen molar-refractivity contribution in [2.75, 3.05) is 20.2 Å². The van der Waals surface area contributed by atoms with Crippen molar-refractivity contribution >= 4 is 29.9 Å². The third kappa shape index (κ3) is 3.57. The molecular weight excluding hydrogens is 299 g/mol. The number of hydrogen-bond donors (Lipinski definition) is 1. The summed E-state index contributed by atoms with van der Waals surface area (Å²) in [6.07, 6.45) is 0.836. The number of piperidine rings is 1. The van der Waals surface area contributed by atoms with Gasteiger partial charge < -0.3 is 15.4 Å². The molecule has 2 atom stereocenters. The summed E-state index contributed by atoms with van der Waals surface area (Å²) in [5, 5.41) is 0.558. The average molecular weight is 319 g/mol. The fourth-order valence-electron chi connectivity index (χ4n) is 2.36. The molecule has 1 fully saturated rings. The number of benzene rings is 1. The summed E-state index contributed by atoms with van der Waals surface area (Å²) in [6.45, 7) is 3.45. The molecule has 1 aliphatic rings. The predicted molar refractivity (Wildman–Crippen MR) is 82.9 cm³/mol. The van der Waals surface area contributed by atoms with E-state index >= 15 is 0 Å². The molecule has 0 bridgehead atoms. The molecule has 1 aromatic rings. The van der Waals surface area contributed by atoms with Crippen LogP contribution in [0, 0.1) is 5.92 Å². The van der Waals surface area contributed by atoms with Crippen LogP contribution in [0.1, 0.15) is 23.7 Å². The van der Waals surface area contributed by atoms with Crippen LogP contribution in [0.15, 0.2) is 18.2 Å². The van der Waals surface area contributed by atoms with Crippen LogP contribution in [-0.2, 0) is 0 Å². The van der Waals surface area contributed by atoms with E-state index in [1.165, 1.54) is 7.11 Å². The van der Waals surface area contributed by atoms with Gasteiger partial charge in [0.25, 0.3) is 5.91 Å². The van der Waals surface area contributed by atoms with Crippen LogP contribution in [0.3, 0.4) is 0 Å². The predicted octanol–water partition coefficient (Wildman–Crippen LogP) is 2.58. The van der Waals surface area contributed by atoms with E-state index in [9.17, 15) is 4.79 Å². The van der Waals surface area contributed by atoms with Crippen molar-refractivity contribution in [1.29, 1.82) is 0 Å². The smallest absolute Gasteiger partial charge is 0.257 e. The molecule has 112 valence electrons. The number of nitrogens with zero attached hydrogens (tertiary/aromatic N) is 1. The van der Waals surface area contributed by atoms with E-state index in [0.717, 1.165) is 6.42 Å². The summed E-state index contributed by atoms with van der Waals surface area (Å²) < 4.78 is 5.23. The molecule has 1 heterocycles. The Balaban J connectivity index is 0.00000200. The summed E-state index contributed by atoms with van der Waals surface area (Å²) in [6, 6.07) is 5.25. The third-order valence-electron chi connectivity index (χ3n) is 3.65. The monoisotopic (exact) mass is 318 g/mol. The van der Waals surface area contributed by atoms with E-state index in [0.29, 0.717) is 35.3 Å². The lowest BCUT2D eigenvalue weighted by molar-refractivity contribution is 0.0661. The van der Waals surface area contributed by atoms with Crippen molar-refractivity contribution in [2.45, 2.75) is 19.4 Å². The number of likely N-dealkylation sites (tertiary alicyclic amines) is 1. The minimum Gasteiger partial charge on any atom is -0.496 e. The van der Waals surface area contributed by atoms with E-state index in [-0.39, 0.29) is 24.4 Å². The van der Waals surface area contributed by atoms with Crippen LogP contribution in [0.25, 0.3) is 0 Å². The number of ether oxygens (including phenoxy) is 1. The first-order chi connectivity index (χ1) is 9.02. The van der Waals surface area contributed by atoms with Crippen molar-refractivity contribution in [2.24, 2.45) is 11.7 Å². The number of carbonyl (C=O) groups excluding carboxylic acids is 1. The molecule has 2 N–H and O–H groups in total. The first kappa shape index (κ1) is 17.1. The zero-order chi connectivity index (χ0) is 14.0. The van der Waals surface area contributed by atoms with Gasteiger partial charge in [0, 0.05) is 24.2 Å². The van der Waals surface area contributed by atoms with Gasteiger partial charge in [-0.25, -0.2) is 0 Å². The first-order valence-corrected chi connectivity index (χ1v) is 6.79. The quantitative estimate of drug-likeness (QED) is 0.911. The van der Waals surface area contributed by atoms with Crippen LogP contribution in [-0.4, -0.2) is 37.0 Å². The lowest BCUT2D eigenvalue weighted by Crippen LogP contribution is -2.48. The van der Waals surface area contributed by atoms with Crippen LogP contribution in [0.5, 0.6) is 5.75 Å². The van der Waals surface area contributed by atoms with Gasteiger partial charge in [-0.3, -0.25) is 4.79 Å². The number of methoxy groups -OCH3 is 1. The lowest BCUT2D eigenvalue weighted by Gasteiger charge is -2.35. The van der Waals surface area contributed by atoms with Crippen molar-refractivity contribution in [3.63, 3.8) is 0 Å². The summed E-state index contributed by atoms with van der Waals surface area (Å²) in [7, 11) is 1.54. The van der Waals surface area contributed by atoms with Gasteiger partial charge >= 0.3 is 0 Å². The fraction of sp³-hybridized carbons (Fsp3) is 0.500. The Hall–Kier alpha value is -0.970. The molecule has 1 saturated heterocycles. The number of amides is 1. The molecule has 1 amide bonds. The molecule has 0 radical (unpaired) electrons. The molecule has 6 heteroatoms. The molecule has 1 aliphatic heterocycles. The number of rotatable bonds is 2. The SMILES string of the molecule is COc1cc(Cl)ccc1C(=O)N1CCC(N)C(C)C1.Cl. The van der Waals surface area contributed by atoms with E-state index in [2.05, 4.69) is 6.92 Å². The van der Waals surface area contributed by atoms with Gasteiger partial charge in [0.05, 0.1) is 12.7 Å². The highest BCUT2D eigenvalue weighted by Crippen LogP contribution is 2.26. The van der Waals surface area contributed by atoms with E-state index in [4.69, 9.17) is 22.1 Å². The topological polar surface area (TPSA) is 55.6 Å². The summed E-state index contributed by atoms with van der Waals surface area (Å²) >= 11 is 5.91. The molecule has 0 aromatic heterocycles. The molecule has 20 heavy (non-hydrogen) atoms. The standard InChI is InChI=1S/C14H19ClN2O2.ClH/c1-9-8-17(6-5-12(9)16)14(18)11-4-3-10(15)7-13(11)19-2;/h3-4,7,9,12H,5-6,8,16H2,1-2H3;1H. The van der Waals surface area contributed by atoms with Gasteiger partial charge in [-0.15, -0.1) is 12.4 Å².